The highest BCUT2D eigenvalue weighted by atomic mass is 16.2. The number of carbonyl (C=O) groups excluding carboxylic acids is 1. The van der Waals surface area contributed by atoms with E-state index in [0.29, 0.717) is 16.8 Å². The molecule has 1 fully saturated rings. The molecule has 0 aliphatic carbocycles. The molecule has 3 aromatic rings. The molecule has 0 unspecified atom stereocenters. The van der Waals surface area contributed by atoms with Gasteiger partial charge in [0.05, 0.1) is 0 Å². The van der Waals surface area contributed by atoms with Gasteiger partial charge in [-0.05, 0) is 59.9 Å². The molecule has 0 saturated carbocycles. The number of nitrogens with zero attached hydrogens (tertiary/aromatic N) is 1. The first-order chi connectivity index (χ1) is 15.0. The van der Waals surface area contributed by atoms with E-state index in [0.717, 1.165) is 53.9 Å². The fourth-order valence-corrected chi connectivity index (χ4v) is 4.15. The Morgan fingerprint density at radius 1 is 0.935 bits per heavy atom. The molecular weight excluding hydrogens is 386 g/mol. The monoisotopic (exact) mass is 413 g/mol. The maximum absolute atomic E-state index is 12.7. The maximum atomic E-state index is 12.7. The highest BCUT2D eigenvalue weighted by molar-refractivity contribution is 6.09. The number of nitrogen functional groups attached to an aromatic ring is 2. The maximum Gasteiger partial charge on any atom is 0.253 e. The largest absolute Gasteiger partial charge is 0.398 e. The van der Waals surface area contributed by atoms with Crippen LogP contribution in [0.2, 0.25) is 0 Å². The third kappa shape index (κ3) is 3.97. The van der Waals surface area contributed by atoms with Crippen molar-refractivity contribution in [2.45, 2.75) is 12.8 Å². The quantitative estimate of drug-likeness (QED) is 0.286. The van der Waals surface area contributed by atoms with E-state index in [1.807, 2.05) is 66.5 Å². The lowest BCUT2D eigenvalue weighted by atomic mass is 9.88. The summed E-state index contributed by atoms with van der Waals surface area (Å²) in [5.74, 6) is -0.0234. The molecule has 1 aliphatic heterocycles. The lowest BCUT2D eigenvalue weighted by Crippen LogP contribution is -2.27. The summed E-state index contributed by atoms with van der Waals surface area (Å²) in [5, 5.41) is 11.3. The van der Waals surface area contributed by atoms with Gasteiger partial charge in [0.1, 0.15) is 5.84 Å². The van der Waals surface area contributed by atoms with E-state index < -0.39 is 0 Å². The zero-order valence-electron chi connectivity index (χ0n) is 17.6. The lowest BCUT2D eigenvalue weighted by Gasteiger charge is -2.18. The predicted octanol–water partition coefficient (Wildman–Crippen LogP) is 4.16. The van der Waals surface area contributed by atoms with Crippen molar-refractivity contribution in [2.24, 2.45) is 5.73 Å². The second kappa shape index (κ2) is 8.52. The Morgan fingerprint density at radius 2 is 1.55 bits per heavy atom. The summed E-state index contributed by atoms with van der Waals surface area (Å²) in [4.78, 5) is 14.6. The molecule has 1 saturated heterocycles. The first-order valence-corrected chi connectivity index (χ1v) is 10.4. The molecule has 0 spiro atoms. The van der Waals surface area contributed by atoms with Gasteiger partial charge in [-0.1, -0.05) is 30.3 Å². The van der Waals surface area contributed by atoms with Gasteiger partial charge in [-0.25, -0.2) is 0 Å². The van der Waals surface area contributed by atoms with Gasteiger partial charge in [-0.15, -0.1) is 0 Å². The SMILES string of the molecule is CNc1ccc(-c2ccc(N)c(C(=N)N)c2-c2ccc(C(=O)N3CCCC3)cc2)cc1. The van der Waals surface area contributed by atoms with Gasteiger partial charge in [0.25, 0.3) is 5.91 Å². The summed E-state index contributed by atoms with van der Waals surface area (Å²) < 4.78 is 0. The highest BCUT2D eigenvalue weighted by Crippen LogP contribution is 2.38. The third-order valence-electron chi connectivity index (χ3n) is 5.81. The first kappa shape index (κ1) is 20.5. The molecule has 1 amide bonds. The van der Waals surface area contributed by atoms with Gasteiger partial charge in [0.15, 0.2) is 0 Å². The van der Waals surface area contributed by atoms with Crippen LogP contribution in [0.5, 0.6) is 0 Å². The molecule has 1 aliphatic rings. The van der Waals surface area contributed by atoms with Crippen LogP contribution in [0.15, 0.2) is 60.7 Å². The van der Waals surface area contributed by atoms with Crippen LogP contribution in [0.25, 0.3) is 22.3 Å². The zero-order chi connectivity index (χ0) is 22.0. The summed E-state index contributed by atoms with van der Waals surface area (Å²) in [6.45, 7) is 1.63. The number of hydrogen-bond donors (Lipinski definition) is 4. The smallest absolute Gasteiger partial charge is 0.253 e. The molecule has 3 aromatic carbocycles. The van der Waals surface area contributed by atoms with Crippen molar-refractivity contribution < 1.29 is 4.79 Å². The second-order valence-corrected chi connectivity index (χ2v) is 7.77. The van der Waals surface area contributed by atoms with Crippen LogP contribution in [0.1, 0.15) is 28.8 Å². The van der Waals surface area contributed by atoms with Crippen molar-refractivity contribution in [3.8, 4) is 22.3 Å². The number of likely N-dealkylation sites (tertiary alicyclic amines) is 1. The number of amidine groups is 1. The van der Waals surface area contributed by atoms with Gasteiger partial charge in [0.2, 0.25) is 0 Å². The molecule has 6 nitrogen and oxygen atoms in total. The number of amides is 1. The standard InChI is InChI=1S/C25H27N5O/c1-29-19-10-8-16(9-11-19)20-12-13-21(26)23(24(27)28)22(20)17-4-6-18(7-5-17)25(31)30-14-2-3-15-30/h4-13,29H,2-3,14-15,26H2,1H3,(H3,27,28). The topological polar surface area (TPSA) is 108 Å². The molecular formula is C25H27N5O. The van der Waals surface area contributed by atoms with Gasteiger partial charge in [0, 0.05) is 48.2 Å². The molecule has 0 aromatic heterocycles. The van der Waals surface area contributed by atoms with Gasteiger partial charge in [-0.3, -0.25) is 10.2 Å². The molecule has 6 N–H and O–H groups in total. The molecule has 6 heteroatoms. The normalized spacial score (nSPS) is 13.3. The molecule has 0 bridgehead atoms. The molecule has 1 heterocycles. The Balaban J connectivity index is 1.81. The molecule has 0 atom stereocenters. The van der Waals surface area contributed by atoms with E-state index in [4.69, 9.17) is 16.9 Å². The third-order valence-corrected chi connectivity index (χ3v) is 5.81. The van der Waals surface area contributed by atoms with Crippen LogP contribution < -0.4 is 16.8 Å². The Hall–Kier alpha value is -3.80. The molecule has 31 heavy (non-hydrogen) atoms. The van der Waals surface area contributed by atoms with E-state index in [9.17, 15) is 4.79 Å². The van der Waals surface area contributed by atoms with Crippen molar-refractivity contribution in [2.75, 3.05) is 31.2 Å². The first-order valence-electron chi connectivity index (χ1n) is 10.4. The minimum Gasteiger partial charge on any atom is -0.398 e. The second-order valence-electron chi connectivity index (χ2n) is 7.77. The summed E-state index contributed by atoms with van der Waals surface area (Å²) in [6, 6.07) is 19.3. The summed E-state index contributed by atoms with van der Waals surface area (Å²) in [5.41, 5.74) is 18.4. The van der Waals surface area contributed by atoms with E-state index in [2.05, 4.69) is 5.32 Å². The van der Waals surface area contributed by atoms with Gasteiger partial charge in [-0.2, -0.15) is 0 Å². The number of hydrogen-bond acceptors (Lipinski definition) is 4. The van der Waals surface area contributed by atoms with E-state index in [1.54, 1.807) is 6.07 Å². The van der Waals surface area contributed by atoms with Crippen molar-refractivity contribution in [1.82, 2.24) is 4.90 Å². The van der Waals surface area contributed by atoms with Crippen LogP contribution in [0.4, 0.5) is 11.4 Å². The highest BCUT2D eigenvalue weighted by Gasteiger charge is 2.21. The van der Waals surface area contributed by atoms with Crippen LogP contribution in [0.3, 0.4) is 0 Å². The Bertz CT molecular complexity index is 1110. The molecule has 0 radical (unpaired) electrons. The Morgan fingerprint density at radius 3 is 2.13 bits per heavy atom. The summed E-state index contributed by atoms with van der Waals surface area (Å²) >= 11 is 0. The minimum absolute atomic E-state index is 0.0614. The number of anilines is 2. The average molecular weight is 414 g/mol. The number of rotatable bonds is 5. The van der Waals surface area contributed by atoms with Crippen molar-refractivity contribution in [1.29, 1.82) is 5.41 Å². The number of benzene rings is 3. The van der Waals surface area contributed by atoms with Crippen molar-refractivity contribution in [3.63, 3.8) is 0 Å². The molecule has 4 rings (SSSR count). The summed E-state index contributed by atoms with van der Waals surface area (Å²) in [6.07, 6.45) is 2.12. The minimum atomic E-state index is -0.0848. The average Bonchev–Trinajstić information content (AvgIpc) is 3.33. The van der Waals surface area contributed by atoms with Crippen LogP contribution in [-0.4, -0.2) is 36.8 Å². The lowest BCUT2D eigenvalue weighted by molar-refractivity contribution is 0.0793. The molecule has 158 valence electrons. The van der Waals surface area contributed by atoms with Crippen LogP contribution in [-0.2, 0) is 0 Å². The predicted molar refractivity (Wildman–Crippen MR) is 127 cm³/mol. The van der Waals surface area contributed by atoms with Crippen LogP contribution in [0, 0.1) is 5.41 Å². The Labute approximate surface area is 182 Å². The fraction of sp³-hybridized carbons (Fsp3) is 0.200. The van der Waals surface area contributed by atoms with Crippen LogP contribution >= 0.6 is 0 Å². The fourth-order valence-electron chi connectivity index (χ4n) is 4.15. The van der Waals surface area contributed by atoms with E-state index in [1.165, 1.54) is 0 Å². The van der Waals surface area contributed by atoms with Gasteiger partial charge >= 0.3 is 0 Å². The number of nitrogens with two attached hydrogens (primary N) is 2. The number of carbonyl (C=O) groups is 1. The Kier molecular flexibility index (Phi) is 5.62. The summed E-state index contributed by atoms with van der Waals surface area (Å²) in [7, 11) is 1.88. The van der Waals surface area contributed by atoms with Crippen molar-refractivity contribution >= 4 is 23.1 Å². The number of nitrogens with one attached hydrogen (secondary N) is 2. The van der Waals surface area contributed by atoms with E-state index in [-0.39, 0.29) is 11.7 Å². The van der Waals surface area contributed by atoms with Crippen molar-refractivity contribution in [3.05, 3.63) is 71.8 Å². The zero-order valence-corrected chi connectivity index (χ0v) is 17.6. The van der Waals surface area contributed by atoms with Gasteiger partial charge < -0.3 is 21.7 Å². The van der Waals surface area contributed by atoms with E-state index >= 15 is 0 Å².